The van der Waals surface area contributed by atoms with Crippen molar-refractivity contribution < 1.29 is 37.9 Å². The van der Waals surface area contributed by atoms with Crippen LogP contribution in [0.5, 0.6) is 0 Å². The molecule has 3 nitrogen and oxygen atoms in total. The molecule has 0 saturated carbocycles. The van der Waals surface area contributed by atoms with E-state index >= 15 is 0 Å². The molecule has 0 atom stereocenters. The number of ether oxygens (including phenoxy) is 2. The Hall–Kier alpha value is 0.610. The molecule has 0 aromatic rings. The van der Waals surface area contributed by atoms with Crippen molar-refractivity contribution in [3.8, 4) is 0 Å². The lowest BCUT2D eigenvalue weighted by Gasteiger charge is -2.28. The predicted octanol–water partition coefficient (Wildman–Crippen LogP) is -2.15. The Morgan fingerprint density at radius 1 is 1.15 bits per heavy atom. The molecule has 1 aliphatic rings. The molecule has 80 valence electrons. The molecule has 0 aromatic heterocycles. The van der Waals surface area contributed by atoms with Crippen LogP contribution < -0.4 is 24.0 Å². The van der Waals surface area contributed by atoms with Gasteiger partial charge in [-0.05, 0) is 0 Å². The van der Waals surface area contributed by atoms with Crippen molar-refractivity contribution in [1.82, 2.24) is 0 Å². The molecule has 1 heterocycles. The molecule has 0 unspecified atom stereocenters. The molecule has 0 aliphatic carbocycles. The molecule has 0 radical (unpaired) electrons. The molecule has 13 heavy (non-hydrogen) atoms. The minimum Gasteiger partial charge on any atom is -1.00 e. The topological polar surface area (TPSA) is 18.5 Å². The van der Waals surface area contributed by atoms with E-state index in [1.54, 1.807) is 7.11 Å². The summed E-state index contributed by atoms with van der Waals surface area (Å²) in [4.78, 5) is 0. The third kappa shape index (κ3) is 5.15. The highest BCUT2D eigenvalue weighted by Gasteiger charge is 2.26. The van der Waals surface area contributed by atoms with Gasteiger partial charge >= 0.3 is 0 Å². The van der Waals surface area contributed by atoms with E-state index in [9.17, 15) is 0 Å². The van der Waals surface area contributed by atoms with Crippen molar-refractivity contribution in [3.05, 3.63) is 0 Å². The number of methoxy groups -OCH3 is 1. The SMILES string of the molecule is COCCOC[N+]1(C)CCCC1.[I-]. The quantitative estimate of drug-likeness (QED) is 0.328. The van der Waals surface area contributed by atoms with Gasteiger partial charge in [0.05, 0.1) is 33.4 Å². The Balaban J connectivity index is 0.00000144. The number of likely N-dealkylation sites (tertiary alicyclic amines) is 1. The number of nitrogens with zero attached hydrogens (tertiary/aromatic N) is 1. The molecule has 1 fully saturated rings. The summed E-state index contributed by atoms with van der Waals surface area (Å²) in [6, 6.07) is 0. The van der Waals surface area contributed by atoms with Crippen LogP contribution in [0.15, 0.2) is 0 Å². The van der Waals surface area contributed by atoms with Gasteiger partial charge in [-0.15, -0.1) is 0 Å². The van der Waals surface area contributed by atoms with Gasteiger partial charge in [0, 0.05) is 20.0 Å². The second kappa shape index (κ2) is 6.98. The fourth-order valence-electron chi connectivity index (χ4n) is 1.66. The standard InChI is InChI=1S/C9H20NO2.HI/c1-10(5-3-4-6-10)9-12-8-7-11-2;/h3-9H2,1-2H3;1H/q+1;/p-1. The first kappa shape index (κ1) is 13.6. The Morgan fingerprint density at radius 3 is 2.31 bits per heavy atom. The maximum absolute atomic E-state index is 5.51. The van der Waals surface area contributed by atoms with Crippen molar-refractivity contribution in [2.24, 2.45) is 0 Å². The van der Waals surface area contributed by atoms with Crippen molar-refractivity contribution in [3.63, 3.8) is 0 Å². The van der Waals surface area contributed by atoms with Crippen molar-refractivity contribution in [2.75, 3.05) is 47.2 Å². The molecule has 1 saturated heterocycles. The second-order valence-corrected chi connectivity index (χ2v) is 3.80. The van der Waals surface area contributed by atoms with Gasteiger partial charge in [0.1, 0.15) is 0 Å². The smallest absolute Gasteiger partial charge is 0.183 e. The molecular weight excluding hydrogens is 281 g/mol. The summed E-state index contributed by atoms with van der Waals surface area (Å²) < 4.78 is 11.5. The molecular formula is C9H20INO2. The zero-order chi connectivity index (χ0) is 8.86. The first-order chi connectivity index (χ1) is 5.77. The van der Waals surface area contributed by atoms with E-state index in [1.807, 2.05) is 0 Å². The Bertz CT molecular complexity index is 127. The summed E-state index contributed by atoms with van der Waals surface area (Å²) >= 11 is 0. The van der Waals surface area contributed by atoms with Gasteiger partial charge in [-0.1, -0.05) is 0 Å². The Labute approximate surface area is 98.0 Å². The number of quaternary nitrogens is 1. The highest BCUT2D eigenvalue weighted by atomic mass is 127. The normalized spacial score (nSPS) is 19.8. The van der Waals surface area contributed by atoms with Crippen LogP contribution in [0, 0.1) is 0 Å². The van der Waals surface area contributed by atoms with Crippen LogP contribution in [0.4, 0.5) is 0 Å². The third-order valence-electron chi connectivity index (χ3n) is 2.48. The molecule has 4 heteroatoms. The zero-order valence-electron chi connectivity index (χ0n) is 8.59. The summed E-state index contributed by atoms with van der Waals surface area (Å²) in [5.74, 6) is 0. The van der Waals surface area contributed by atoms with Crippen LogP contribution in [0.25, 0.3) is 0 Å². The minimum atomic E-state index is 0. The monoisotopic (exact) mass is 301 g/mol. The third-order valence-corrected chi connectivity index (χ3v) is 2.48. The van der Waals surface area contributed by atoms with E-state index in [0.29, 0.717) is 6.61 Å². The maximum atomic E-state index is 5.51. The zero-order valence-corrected chi connectivity index (χ0v) is 10.7. The Morgan fingerprint density at radius 2 is 1.77 bits per heavy atom. The number of halogens is 1. The van der Waals surface area contributed by atoms with Gasteiger partial charge < -0.3 is 37.9 Å². The fourth-order valence-corrected chi connectivity index (χ4v) is 1.66. The summed E-state index contributed by atoms with van der Waals surface area (Å²) in [5, 5.41) is 0. The molecule has 0 N–H and O–H groups in total. The van der Waals surface area contributed by atoms with Crippen LogP contribution >= 0.6 is 0 Å². The summed E-state index contributed by atoms with van der Waals surface area (Å²) in [7, 11) is 3.97. The summed E-state index contributed by atoms with van der Waals surface area (Å²) in [6.45, 7) is 4.83. The van der Waals surface area contributed by atoms with Crippen LogP contribution in [0.2, 0.25) is 0 Å². The largest absolute Gasteiger partial charge is 1.00 e. The highest BCUT2D eigenvalue weighted by molar-refractivity contribution is 4.48. The van der Waals surface area contributed by atoms with Gasteiger partial charge in [0.25, 0.3) is 0 Å². The molecule has 0 amide bonds. The van der Waals surface area contributed by atoms with Gasteiger partial charge in [-0.25, -0.2) is 0 Å². The average Bonchev–Trinajstić information content (AvgIpc) is 2.47. The lowest BCUT2D eigenvalue weighted by Crippen LogP contribution is -3.00. The van der Waals surface area contributed by atoms with E-state index in [4.69, 9.17) is 9.47 Å². The highest BCUT2D eigenvalue weighted by Crippen LogP contribution is 2.15. The predicted molar refractivity (Wildman–Crippen MR) is 47.8 cm³/mol. The van der Waals surface area contributed by atoms with Crippen LogP contribution in [0.3, 0.4) is 0 Å². The number of rotatable bonds is 5. The first-order valence-electron chi connectivity index (χ1n) is 4.67. The molecule has 0 bridgehead atoms. The van der Waals surface area contributed by atoms with Crippen molar-refractivity contribution >= 4 is 0 Å². The first-order valence-corrected chi connectivity index (χ1v) is 4.67. The Kier molecular flexibility index (Phi) is 7.30. The van der Waals surface area contributed by atoms with Gasteiger partial charge in [0.15, 0.2) is 6.73 Å². The van der Waals surface area contributed by atoms with Crippen LogP contribution in [-0.4, -0.2) is 51.7 Å². The van der Waals surface area contributed by atoms with Gasteiger partial charge in [-0.2, -0.15) is 0 Å². The lowest BCUT2D eigenvalue weighted by molar-refractivity contribution is -0.916. The summed E-state index contributed by atoms with van der Waals surface area (Å²) in [6.07, 6.45) is 2.70. The van der Waals surface area contributed by atoms with Crippen molar-refractivity contribution in [2.45, 2.75) is 12.8 Å². The maximum Gasteiger partial charge on any atom is 0.183 e. The van der Waals surface area contributed by atoms with Crippen LogP contribution in [-0.2, 0) is 9.47 Å². The molecule has 0 spiro atoms. The minimum absolute atomic E-state index is 0. The van der Waals surface area contributed by atoms with E-state index in [1.165, 1.54) is 25.9 Å². The van der Waals surface area contributed by atoms with Gasteiger partial charge in [0.2, 0.25) is 0 Å². The molecule has 1 rings (SSSR count). The van der Waals surface area contributed by atoms with E-state index < -0.39 is 0 Å². The van der Waals surface area contributed by atoms with E-state index in [0.717, 1.165) is 17.8 Å². The van der Waals surface area contributed by atoms with Crippen LogP contribution in [0.1, 0.15) is 12.8 Å². The lowest BCUT2D eigenvalue weighted by atomic mass is 10.4. The average molecular weight is 301 g/mol. The van der Waals surface area contributed by atoms with E-state index in [2.05, 4.69) is 7.05 Å². The molecule has 1 aliphatic heterocycles. The number of hydrogen-bond acceptors (Lipinski definition) is 2. The van der Waals surface area contributed by atoms with E-state index in [-0.39, 0.29) is 24.0 Å². The second-order valence-electron chi connectivity index (χ2n) is 3.80. The summed E-state index contributed by atoms with van der Waals surface area (Å²) in [5.41, 5.74) is 0. The number of hydrogen-bond donors (Lipinski definition) is 0. The fraction of sp³-hybridized carbons (Fsp3) is 1.00. The van der Waals surface area contributed by atoms with Crippen molar-refractivity contribution in [1.29, 1.82) is 0 Å². The van der Waals surface area contributed by atoms with Gasteiger partial charge in [-0.3, -0.25) is 0 Å². The molecule has 0 aromatic carbocycles.